The summed E-state index contributed by atoms with van der Waals surface area (Å²) in [5, 5.41) is 4.45. The first-order valence-electron chi connectivity index (χ1n) is 12.6. The lowest BCUT2D eigenvalue weighted by Crippen LogP contribution is -2.62. The second-order valence-corrected chi connectivity index (χ2v) is 14.4. The molecule has 0 spiro atoms. The van der Waals surface area contributed by atoms with E-state index in [0.29, 0.717) is 53.3 Å². The third-order valence-electron chi connectivity index (χ3n) is 8.23. The van der Waals surface area contributed by atoms with Crippen molar-refractivity contribution in [2.45, 2.75) is 49.7 Å². The highest BCUT2D eigenvalue weighted by atomic mass is 32.2. The molecule has 2 heterocycles. The fraction of sp³-hybridized carbons (Fsp3) is 0.480. The van der Waals surface area contributed by atoms with E-state index in [9.17, 15) is 27.6 Å². The smallest absolute Gasteiger partial charge is 0.379 e. The van der Waals surface area contributed by atoms with E-state index < -0.39 is 29.0 Å². The van der Waals surface area contributed by atoms with Gasteiger partial charge in [0.2, 0.25) is 10.0 Å². The highest BCUT2D eigenvalue weighted by molar-refractivity contribution is 7.92. The van der Waals surface area contributed by atoms with Crippen molar-refractivity contribution in [2.75, 3.05) is 16.3 Å². The standard InChI is InChI=1S/C25H31N4O7PS/c1-29-13-20(18-5-6-26-22(18)23(29)30)19-8-17(28-38(2,34)35)3-4-21(19)27-24-9-15-7-16(10-24)12-25(11-15,14-24)36-37(31,32)33/h3-6,8,13,15-16,26-28H,7,9-12,14H2,1-2H3,(H2,31,32,33). The Hall–Kier alpha value is -2.63. The third kappa shape index (κ3) is 4.69. The molecule has 0 saturated heterocycles. The number of sulfonamides is 1. The molecule has 0 amide bonds. The lowest BCUT2D eigenvalue weighted by atomic mass is 9.51. The third-order valence-corrected chi connectivity index (χ3v) is 9.46. The van der Waals surface area contributed by atoms with Gasteiger partial charge in [-0.05, 0) is 68.2 Å². The molecule has 11 nitrogen and oxygen atoms in total. The predicted molar refractivity (Wildman–Crippen MR) is 144 cm³/mol. The molecule has 4 aliphatic carbocycles. The summed E-state index contributed by atoms with van der Waals surface area (Å²) in [5.74, 6) is 0.581. The van der Waals surface area contributed by atoms with Crippen LogP contribution in [0.5, 0.6) is 0 Å². The van der Waals surface area contributed by atoms with Crippen LogP contribution in [-0.2, 0) is 26.2 Å². The molecule has 204 valence electrons. The molecule has 3 aromatic rings. The lowest BCUT2D eigenvalue weighted by Gasteiger charge is -2.61. The Balaban J connectivity index is 1.47. The summed E-state index contributed by atoms with van der Waals surface area (Å²) < 4.78 is 45.4. The molecule has 4 fully saturated rings. The zero-order chi connectivity index (χ0) is 27.1. The van der Waals surface area contributed by atoms with E-state index in [2.05, 4.69) is 15.0 Å². The fourth-order valence-electron chi connectivity index (χ4n) is 7.61. The largest absolute Gasteiger partial charge is 0.470 e. The van der Waals surface area contributed by atoms with Crippen LogP contribution in [0.1, 0.15) is 38.5 Å². The first-order valence-corrected chi connectivity index (χ1v) is 16.0. The second-order valence-electron chi connectivity index (χ2n) is 11.5. The Labute approximate surface area is 219 Å². The quantitative estimate of drug-likeness (QED) is 0.273. The maximum absolute atomic E-state index is 12.7. The molecule has 2 unspecified atom stereocenters. The molecule has 13 heteroatoms. The number of fused-ring (bicyclic) bond motifs is 1. The lowest BCUT2D eigenvalue weighted by molar-refractivity contribution is -0.121. The van der Waals surface area contributed by atoms with Crippen LogP contribution in [-0.4, -0.2) is 45.2 Å². The number of aromatic nitrogens is 2. The minimum atomic E-state index is -4.67. The highest BCUT2D eigenvalue weighted by Crippen LogP contribution is 2.63. The van der Waals surface area contributed by atoms with Crippen molar-refractivity contribution in [3.05, 3.63) is 47.0 Å². The Morgan fingerprint density at radius 3 is 2.50 bits per heavy atom. The molecule has 4 bridgehead atoms. The van der Waals surface area contributed by atoms with Crippen LogP contribution in [0.2, 0.25) is 0 Å². The van der Waals surface area contributed by atoms with Gasteiger partial charge in [-0.1, -0.05) is 0 Å². The van der Waals surface area contributed by atoms with Crippen LogP contribution in [0.15, 0.2) is 41.5 Å². The molecule has 38 heavy (non-hydrogen) atoms. The summed E-state index contributed by atoms with van der Waals surface area (Å²) in [6.07, 6.45) is 8.98. The predicted octanol–water partition coefficient (Wildman–Crippen LogP) is 3.52. The molecule has 2 aromatic heterocycles. The second kappa shape index (κ2) is 8.43. The summed E-state index contributed by atoms with van der Waals surface area (Å²) in [6, 6.07) is 7.07. The van der Waals surface area contributed by atoms with Gasteiger partial charge in [-0.25, -0.2) is 13.0 Å². The minimum absolute atomic E-state index is 0.175. The number of hydrogen-bond donors (Lipinski definition) is 5. The SMILES string of the molecule is Cn1cc(-c2cc(NS(C)(=O)=O)ccc2NC23CC4CC(C2)CC(OP(=O)(O)O)(C4)C3)c2cc[nH]c2c1=O. The minimum Gasteiger partial charge on any atom is -0.379 e. The Morgan fingerprint density at radius 1 is 1.13 bits per heavy atom. The zero-order valence-corrected chi connectivity index (χ0v) is 22.8. The van der Waals surface area contributed by atoms with E-state index in [-0.39, 0.29) is 5.56 Å². The van der Waals surface area contributed by atoms with E-state index >= 15 is 0 Å². The van der Waals surface area contributed by atoms with Crippen molar-refractivity contribution in [1.29, 1.82) is 0 Å². The summed E-state index contributed by atoms with van der Waals surface area (Å²) >= 11 is 0. The number of phosphoric acid groups is 1. The Kier molecular flexibility index (Phi) is 5.69. The molecule has 0 radical (unpaired) electrons. The summed E-state index contributed by atoms with van der Waals surface area (Å²) in [7, 11) is -6.53. The molecule has 1 aromatic carbocycles. The summed E-state index contributed by atoms with van der Waals surface area (Å²) in [4.78, 5) is 35.1. The van der Waals surface area contributed by atoms with E-state index in [1.165, 1.54) is 4.57 Å². The molecule has 4 aliphatic rings. The zero-order valence-electron chi connectivity index (χ0n) is 21.1. The normalized spacial score (nSPS) is 28.6. The number of aromatic amines is 1. The van der Waals surface area contributed by atoms with Crippen LogP contribution >= 0.6 is 7.82 Å². The number of hydrogen-bond acceptors (Lipinski definition) is 6. The Bertz CT molecular complexity index is 1640. The van der Waals surface area contributed by atoms with Crippen LogP contribution in [0, 0.1) is 11.8 Å². The molecule has 7 rings (SSSR count). The van der Waals surface area contributed by atoms with Gasteiger partial charge in [-0.2, -0.15) is 0 Å². The molecular weight excluding hydrogens is 531 g/mol. The topological polar surface area (TPSA) is 163 Å². The number of anilines is 2. The fourth-order valence-corrected chi connectivity index (χ4v) is 8.88. The van der Waals surface area contributed by atoms with Crippen molar-refractivity contribution < 1.29 is 27.3 Å². The number of benzene rings is 1. The molecular formula is C25H31N4O7PS. The van der Waals surface area contributed by atoms with Gasteiger partial charge in [0.25, 0.3) is 5.56 Å². The number of rotatable bonds is 7. The van der Waals surface area contributed by atoms with Crippen molar-refractivity contribution in [3.63, 3.8) is 0 Å². The summed E-state index contributed by atoms with van der Waals surface area (Å²) in [5.41, 5.74) is 1.55. The molecule has 5 N–H and O–H groups in total. The number of phosphoric ester groups is 1. The van der Waals surface area contributed by atoms with E-state index in [1.54, 1.807) is 31.6 Å². The van der Waals surface area contributed by atoms with Crippen LogP contribution in [0.3, 0.4) is 0 Å². The average Bonchev–Trinajstić information content (AvgIpc) is 3.24. The van der Waals surface area contributed by atoms with Crippen molar-refractivity contribution in [1.82, 2.24) is 9.55 Å². The van der Waals surface area contributed by atoms with Crippen molar-refractivity contribution >= 4 is 40.1 Å². The number of H-pyrrole nitrogens is 1. The molecule has 4 saturated carbocycles. The monoisotopic (exact) mass is 562 g/mol. The van der Waals surface area contributed by atoms with Gasteiger partial charge in [-0.3, -0.25) is 14.0 Å². The first-order chi connectivity index (χ1) is 17.7. The van der Waals surface area contributed by atoms with Gasteiger partial charge in [0.1, 0.15) is 5.52 Å². The first kappa shape index (κ1) is 25.6. The number of nitrogens with one attached hydrogen (secondary N) is 3. The average molecular weight is 563 g/mol. The maximum atomic E-state index is 12.7. The highest BCUT2D eigenvalue weighted by Gasteiger charge is 2.60. The van der Waals surface area contributed by atoms with Crippen LogP contribution in [0.4, 0.5) is 11.4 Å². The van der Waals surface area contributed by atoms with Gasteiger partial charge in [0, 0.05) is 59.3 Å². The van der Waals surface area contributed by atoms with E-state index in [1.807, 2.05) is 12.1 Å². The van der Waals surface area contributed by atoms with Gasteiger partial charge in [0.05, 0.1) is 11.9 Å². The number of aryl methyl sites for hydroxylation is 1. The van der Waals surface area contributed by atoms with Crippen molar-refractivity contribution in [2.24, 2.45) is 18.9 Å². The van der Waals surface area contributed by atoms with Crippen molar-refractivity contribution in [3.8, 4) is 11.1 Å². The van der Waals surface area contributed by atoms with Gasteiger partial charge in [0.15, 0.2) is 0 Å². The van der Waals surface area contributed by atoms with E-state index in [0.717, 1.165) is 36.8 Å². The number of nitrogens with zero attached hydrogens (tertiary/aromatic N) is 1. The summed E-state index contributed by atoms with van der Waals surface area (Å²) in [6.45, 7) is 0. The van der Waals surface area contributed by atoms with Gasteiger partial charge >= 0.3 is 7.82 Å². The Morgan fingerprint density at radius 2 is 1.84 bits per heavy atom. The van der Waals surface area contributed by atoms with E-state index in [4.69, 9.17) is 4.52 Å². The number of pyridine rings is 1. The molecule has 0 aliphatic heterocycles. The van der Waals surface area contributed by atoms with Gasteiger partial charge in [-0.15, -0.1) is 0 Å². The molecule has 2 atom stereocenters. The van der Waals surface area contributed by atoms with Gasteiger partial charge < -0.3 is 24.7 Å². The van der Waals surface area contributed by atoms with Crippen LogP contribution in [0.25, 0.3) is 22.0 Å². The van der Waals surface area contributed by atoms with Crippen LogP contribution < -0.4 is 15.6 Å². The maximum Gasteiger partial charge on any atom is 0.470 e.